The van der Waals surface area contributed by atoms with E-state index in [-0.39, 0.29) is 17.3 Å². The Morgan fingerprint density at radius 1 is 1.30 bits per heavy atom. The predicted molar refractivity (Wildman–Crippen MR) is 98.1 cm³/mol. The number of nitrogens with one attached hydrogen (secondary N) is 1. The smallest absolute Gasteiger partial charge is 0.261 e. The first-order valence-corrected chi connectivity index (χ1v) is 10.2. The van der Waals surface area contributed by atoms with Crippen LogP contribution in [0.1, 0.15) is 30.1 Å². The van der Waals surface area contributed by atoms with Crippen molar-refractivity contribution < 1.29 is 23.2 Å². The fourth-order valence-corrected chi connectivity index (χ4v) is 5.90. The lowest BCUT2D eigenvalue weighted by Gasteiger charge is -2.23. The lowest BCUT2D eigenvalue weighted by molar-refractivity contribution is -0.132. The minimum absolute atomic E-state index is 0.0616. The Bertz CT molecular complexity index is 1070. The number of benzene rings is 2. The van der Waals surface area contributed by atoms with E-state index in [0.29, 0.717) is 41.4 Å². The first-order chi connectivity index (χ1) is 12.9. The molecule has 27 heavy (non-hydrogen) atoms. The summed E-state index contributed by atoms with van der Waals surface area (Å²) in [4.78, 5) is 26.2. The van der Waals surface area contributed by atoms with Crippen LogP contribution in [0.3, 0.4) is 0 Å². The van der Waals surface area contributed by atoms with E-state index in [1.165, 1.54) is 6.07 Å². The molecule has 0 radical (unpaired) electrons. The number of amides is 2. The topological polar surface area (TPSA) is 107 Å². The number of anilines is 1. The maximum atomic E-state index is 13.3. The van der Waals surface area contributed by atoms with E-state index in [4.69, 9.17) is 5.21 Å². The molecule has 2 aliphatic rings. The van der Waals surface area contributed by atoms with Crippen molar-refractivity contribution in [2.75, 3.05) is 18.0 Å². The van der Waals surface area contributed by atoms with Gasteiger partial charge in [-0.05, 0) is 38.0 Å². The monoisotopic (exact) mass is 389 g/mol. The number of nitrogens with zero attached hydrogens (tertiary/aromatic N) is 2. The number of rotatable bonds is 4. The Morgan fingerprint density at radius 2 is 2.07 bits per heavy atom. The van der Waals surface area contributed by atoms with E-state index in [0.717, 1.165) is 4.31 Å². The lowest BCUT2D eigenvalue weighted by Crippen LogP contribution is -2.45. The molecule has 2 aliphatic heterocycles. The highest BCUT2D eigenvalue weighted by Gasteiger charge is 2.41. The van der Waals surface area contributed by atoms with Crippen molar-refractivity contribution in [1.29, 1.82) is 0 Å². The van der Waals surface area contributed by atoms with Crippen LogP contribution in [-0.4, -0.2) is 48.9 Å². The van der Waals surface area contributed by atoms with E-state index < -0.39 is 22.0 Å². The van der Waals surface area contributed by atoms with Gasteiger partial charge in [-0.3, -0.25) is 14.8 Å². The SMILES string of the molecule is CCN1C(=O)c2cccc3c(S(=O)(=O)N4CCC[C@@H]4C(=O)NO)ccc1c23. The van der Waals surface area contributed by atoms with Crippen LogP contribution >= 0.6 is 0 Å². The van der Waals surface area contributed by atoms with E-state index in [1.54, 1.807) is 34.6 Å². The summed E-state index contributed by atoms with van der Waals surface area (Å²) in [5.74, 6) is -0.888. The Labute approximate surface area is 156 Å². The van der Waals surface area contributed by atoms with Gasteiger partial charge >= 0.3 is 0 Å². The van der Waals surface area contributed by atoms with Crippen molar-refractivity contribution in [1.82, 2.24) is 9.79 Å². The molecule has 2 aromatic rings. The predicted octanol–water partition coefficient (Wildman–Crippen LogP) is 1.48. The fourth-order valence-electron chi connectivity index (χ4n) is 4.05. The summed E-state index contributed by atoms with van der Waals surface area (Å²) in [6.45, 7) is 2.55. The van der Waals surface area contributed by atoms with Crippen LogP contribution < -0.4 is 10.4 Å². The van der Waals surface area contributed by atoms with Crippen LogP contribution in [0.2, 0.25) is 0 Å². The number of hydroxylamine groups is 1. The maximum absolute atomic E-state index is 13.3. The van der Waals surface area contributed by atoms with E-state index in [9.17, 15) is 18.0 Å². The quantitative estimate of drug-likeness (QED) is 0.608. The molecule has 2 N–H and O–H groups in total. The Hall–Kier alpha value is -2.49. The average molecular weight is 389 g/mol. The van der Waals surface area contributed by atoms with Crippen molar-refractivity contribution in [3.8, 4) is 0 Å². The van der Waals surface area contributed by atoms with Gasteiger partial charge in [0.15, 0.2) is 0 Å². The molecule has 0 aliphatic carbocycles. The third kappa shape index (κ3) is 2.46. The van der Waals surface area contributed by atoms with Crippen molar-refractivity contribution in [2.45, 2.75) is 30.7 Å². The van der Waals surface area contributed by atoms with E-state index in [1.807, 2.05) is 6.92 Å². The van der Waals surface area contributed by atoms with Gasteiger partial charge in [-0.1, -0.05) is 12.1 Å². The molecule has 1 atom stereocenters. The molecule has 8 nitrogen and oxygen atoms in total. The highest BCUT2D eigenvalue weighted by atomic mass is 32.2. The average Bonchev–Trinajstić information content (AvgIpc) is 3.27. The Morgan fingerprint density at radius 3 is 2.78 bits per heavy atom. The Balaban J connectivity index is 1.90. The molecule has 9 heteroatoms. The Kier molecular flexibility index (Phi) is 4.17. The number of carbonyl (C=O) groups excluding carboxylic acids is 2. The third-order valence-electron chi connectivity index (χ3n) is 5.26. The first kappa shape index (κ1) is 17.9. The summed E-state index contributed by atoms with van der Waals surface area (Å²) in [5.41, 5.74) is 2.72. The second kappa shape index (κ2) is 6.29. The maximum Gasteiger partial charge on any atom is 0.261 e. The van der Waals surface area contributed by atoms with Gasteiger partial charge in [-0.15, -0.1) is 0 Å². The molecule has 4 rings (SSSR count). The van der Waals surface area contributed by atoms with Crippen LogP contribution in [0.4, 0.5) is 5.69 Å². The number of sulfonamides is 1. The summed E-state index contributed by atoms with van der Waals surface area (Å²) >= 11 is 0. The van der Waals surface area contributed by atoms with Crippen LogP contribution in [0.25, 0.3) is 10.8 Å². The summed E-state index contributed by atoms with van der Waals surface area (Å²) in [6, 6.07) is 7.22. The van der Waals surface area contributed by atoms with Gasteiger partial charge in [0, 0.05) is 29.4 Å². The summed E-state index contributed by atoms with van der Waals surface area (Å²) in [6.07, 6.45) is 0.871. The summed E-state index contributed by atoms with van der Waals surface area (Å²) < 4.78 is 27.8. The van der Waals surface area contributed by atoms with Gasteiger partial charge in [0.1, 0.15) is 6.04 Å². The van der Waals surface area contributed by atoms with Crippen molar-refractivity contribution in [3.63, 3.8) is 0 Å². The minimum atomic E-state index is -3.99. The molecular weight excluding hydrogens is 370 g/mol. The molecule has 2 amide bonds. The molecule has 0 bridgehead atoms. The zero-order chi connectivity index (χ0) is 19.3. The van der Waals surface area contributed by atoms with Crippen LogP contribution in [-0.2, 0) is 14.8 Å². The van der Waals surface area contributed by atoms with Gasteiger partial charge < -0.3 is 4.90 Å². The molecule has 0 spiro atoms. The molecule has 1 fully saturated rings. The van der Waals surface area contributed by atoms with Gasteiger partial charge in [0.25, 0.3) is 11.8 Å². The van der Waals surface area contributed by atoms with Crippen LogP contribution in [0.5, 0.6) is 0 Å². The number of hydrogen-bond acceptors (Lipinski definition) is 5. The van der Waals surface area contributed by atoms with Crippen molar-refractivity contribution in [3.05, 3.63) is 35.9 Å². The fraction of sp³-hybridized carbons (Fsp3) is 0.333. The second-order valence-electron chi connectivity index (χ2n) is 6.61. The van der Waals surface area contributed by atoms with Gasteiger partial charge in [0.05, 0.1) is 10.6 Å². The van der Waals surface area contributed by atoms with E-state index in [2.05, 4.69) is 0 Å². The molecule has 1 saturated heterocycles. The second-order valence-corrected chi connectivity index (χ2v) is 8.47. The van der Waals surface area contributed by atoms with E-state index >= 15 is 0 Å². The van der Waals surface area contributed by atoms with Crippen molar-refractivity contribution in [2.24, 2.45) is 0 Å². The summed E-state index contributed by atoms with van der Waals surface area (Å²) in [7, 11) is -3.99. The van der Waals surface area contributed by atoms with Gasteiger partial charge in [0.2, 0.25) is 10.0 Å². The zero-order valence-corrected chi connectivity index (χ0v) is 15.5. The molecule has 0 aromatic heterocycles. The molecule has 2 heterocycles. The highest BCUT2D eigenvalue weighted by molar-refractivity contribution is 7.89. The minimum Gasteiger partial charge on any atom is -0.308 e. The molecule has 142 valence electrons. The zero-order valence-electron chi connectivity index (χ0n) is 14.7. The van der Waals surface area contributed by atoms with Gasteiger partial charge in [-0.2, -0.15) is 4.31 Å². The third-order valence-corrected chi connectivity index (χ3v) is 7.23. The first-order valence-electron chi connectivity index (χ1n) is 8.75. The van der Waals surface area contributed by atoms with Crippen molar-refractivity contribution >= 4 is 38.3 Å². The molecular formula is C18H19N3O5S. The summed E-state index contributed by atoms with van der Waals surface area (Å²) in [5, 5.41) is 10.0. The molecule has 2 aromatic carbocycles. The van der Waals surface area contributed by atoms with Crippen LogP contribution in [0, 0.1) is 0 Å². The number of hydrogen-bond donors (Lipinski definition) is 2. The molecule has 0 unspecified atom stereocenters. The molecule has 0 saturated carbocycles. The largest absolute Gasteiger partial charge is 0.308 e. The van der Waals surface area contributed by atoms with Gasteiger partial charge in [-0.25, -0.2) is 13.9 Å². The normalized spacial score (nSPS) is 19.9. The standard InChI is InChI=1S/C18H19N3O5S/c1-2-20-13-8-9-15(11-5-3-6-12(16(11)13)18(20)23)27(25,26)21-10-4-7-14(21)17(22)19-24/h3,5-6,8-9,14,24H,2,4,7,10H2,1H3,(H,19,22)/t14-/m1/s1. The van der Waals surface area contributed by atoms with Crippen LogP contribution in [0.15, 0.2) is 35.2 Å². The number of carbonyl (C=O) groups is 2. The highest BCUT2D eigenvalue weighted by Crippen LogP contribution is 2.41. The lowest BCUT2D eigenvalue weighted by atomic mass is 10.1.